The molecule has 0 aliphatic heterocycles. The highest BCUT2D eigenvalue weighted by atomic mass is 15.2. The molecule has 0 unspecified atom stereocenters. The lowest BCUT2D eigenvalue weighted by Crippen LogP contribution is -2.18. The van der Waals surface area contributed by atoms with Gasteiger partial charge in [0, 0.05) is 26.6 Å². The van der Waals surface area contributed by atoms with Gasteiger partial charge in [-0.2, -0.15) is 0 Å². The van der Waals surface area contributed by atoms with Gasteiger partial charge < -0.3 is 9.88 Å². The van der Waals surface area contributed by atoms with Crippen molar-refractivity contribution < 1.29 is 0 Å². The van der Waals surface area contributed by atoms with Gasteiger partial charge in [-0.1, -0.05) is 12.2 Å². The van der Waals surface area contributed by atoms with E-state index in [1.54, 1.807) is 6.33 Å². The third-order valence-corrected chi connectivity index (χ3v) is 1.83. The summed E-state index contributed by atoms with van der Waals surface area (Å²) in [4.78, 5) is 0. The zero-order valence-corrected chi connectivity index (χ0v) is 8.20. The van der Waals surface area contributed by atoms with Gasteiger partial charge in [0.2, 0.25) is 0 Å². The fourth-order valence-electron chi connectivity index (χ4n) is 1.04. The van der Waals surface area contributed by atoms with Crippen molar-refractivity contribution in [3.8, 4) is 0 Å². The fourth-order valence-corrected chi connectivity index (χ4v) is 1.04. The van der Waals surface area contributed by atoms with E-state index in [-0.39, 0.29) is 0 Å². The molecule has 1 N–H and O–H groups in total. The molecular formula is C9H16N4. The maximum absolute atomic E-state index is 3.99. The van der Waals surface area contributed by atoms with Gasteiger partial charge in [0.25, 0.3) is 0 Å². The molecule has 0 bridgehead atoms. The van der Waals surface area contributed by atoms with E-state index in [4.69, 9.17) is 0 Å². The minimum Gasteiger partial charge on any atom is -0.321 e. The highest BCUT2D eigenvalue weighted by Gasteiger charge is 1.97. The highest BCUT2D eigenvalue weighted by Crippen LogP contribution is 1.90. The first-order valence-corrected chi connectivity index (χ1v) is 4.49. The Labute approximate surface area is 78.7 Å². The van der Waals surface area contributed by atoms with Crippen molar-refractivity contribution in [2.24, 2.45) is 7.05 Å². The first kappa shape index (κ1) is 9.92. The molecular weight excluding hydrogens is 164 g/mol. The standard InChI is InChI=1S/C9H16N4/c1-3-4-6-10-7-5-9-12-11-8-13(9)2/h3-4,8,10H,5-7H2,1-2H3/b4-3+. The van der Waals surface area contributed by atoms with E-state index >= 15 is 0 Å². The summed E-state index contributed by atoms with van der Waals surface area (Å²) >= 11 is 0. The third kappa shape index (κ3) is 3.38. The Kier molecular flexibility index (Phi) is 4.18. The quantitative estimate of drug-likeness (QED) is 0.530. The molecule has 1 aromatic heterocycles. The minimum atomic E-state index is 0.925. The smallest absolute Gasteiger partial charge is 0.133 e. The Hall–Kier alpha value is -1.16. The number of hydrogen-bond donors (Lipinski definition) is 1. The van der Waals surface area contributed by atoms with E-state index in [0.717, 1.165) is 25.3 Å². The molecule has 0 saturated heterocycles. The molecule has 0 fully saturated rings. The van der Waals surface area contributed by atoms with Crippen molar-refractivity contribution in [2.75, 3.05) is 13.1 Å². The molecule has 0 spiro atoms. The summed E-state index contributed by atoms with van der Waals surface area (Å²) in [5.41, 5.74) is 0. The Bertz CT molecular complexity index is 264. The zero-order chi connectivity index (χ0) is 9.52. The molecule has 1 rings (SSSR count). The van der Waals surface area contributed by atoms with Crippen molar-refractivity contribution in [3.63, 3.8) is 0 Å². The van der Waals surface area contributed by atoms with Crippen LogP contribution in [-0.4, -0.2) is 27.9 Å². The summed E-state index contributed by atoms with van der Waals surface area (Å²) < 4.78 is 1.94. The maximum Gasteiger partial charge on any atom is 0.133 e. The van der Waals surface area contributed by atoms with Crippen LogP contribution in [0.2, 0.25) is 0 Å². The number of nitrogens with one attached hydrogen (secondary N) is 1. The van der Waals surface area contributed by atoms with Crippen LogP contribution in [0.15, 0.2) is 18.5 Å². The molecule has 4 heteroatoms. The van der Waals surface area contributed by atoms with E-state index in [0.29, 0.717) is 0 Å². The lowest BCUT2D eigenvalue weighted by molar-refractivity contribution is 0.691. The van der Waals surface area contributed by atoms with Gasteiger partial charge in [-0.25, -0.2) is 0 Å². The summed E-state index contributed by atoms with van der Waals surface area (Å²) in [5.74, 6) is 1.02. The van der Waals surface area contributed by atoms with E-state index in [2.05, 4.69) is 21.6 Å². The molecule has 0 radical (unpaired) electrons. The molecule has 13 heavy (non-hydrogen) atoms. The molecule has 0 saturated carbocycles. The minimum absolute atomic E-state index is 0.925. The monoisotopic (exact) mass is 180 g/mol. The number of hydrogen-bond acceptors (Lipinski definition) is 3. The average molecular weight is 180 g/mol. The molecule has 0 aliphatic rings. The second-order valence-electron chi connectivity index (χ2n) is 2.88. The number of nitrogens with zero attached hydrogens (tertiary/aromatic N) is 3. The van der Waals surface area contributed by atoms with Crippen molar-refractivity contribution >= 4 is 0 Å². The molecule has 0 aliphatic carbocycles. The average Bonchev–Trinajstić information content (AvgIpc) is 2.52. The molecule has 0 amide bonds. The third-order valence-electron chi connectivity index (χ3n) is 1.83. The van der Waals surface area contributed by atoms with Crippen LogP contribution in [-0.2, 0) is 13.5 Å². The number of allylic oxidation sites excluding steroid dienone is 1. The van der Waals surface area contributed by atoms with E-state index in [9.17, 15) is 0 Å². The summed E-state index contributed by atoms with van der Waals surface area (Å²) in [7, 11) is 1.96. The Morgan fingerprint density at radius 1 is 1.62 bits per heavy atom. The largest absolute Gasteiger partial charge is 0.321 e. The van der Waals surface area contributed by atoms with Crippen molar-refractivity contribution in [2.45, 2.75) is 13.3 Å². The van der Waals surface area contributed by atoms with Crippen LogP contribution in [0.1, 0.15) is 12.7 Å². The Balaban J connectivity index is 2.16. The van der Waals surface area contributed by atoms with Gasteiger partial charge in [0.15, 0.2) is 0 Å². The van der Waals surface area contributed by atoms with Gasteiger partial charge in [-0.15, -0.1) is 10.2 Å². The maximum atomic E-state index is 3.99. The predicted molar refractivity (Wildman–Crippen MR) is 52.4 cm³/mol. The number of aromatic nitrogens is 3. The Morgan fingerprint density at radius 2 is 2.46 bits per heavy atom. The highest BCUT2D eigenvalue weighted by molar-refractivity contribution is 4.86. The Morgan fingerprint density at radius 3 is 3.08 bits per heavy atom. The first-order valence-electron chi connectivity index (χ1n) is 4.49. The van der Waals surface area contributed by atoms with E-state index in [1.807, 2.05) is 24.6 Å². The van der Waals surface area contributed by atoms with E-state index < -0.39 is 0 Å². The second-order valence-corrected chi connectivity index (χ2v) is 2.88. The topological polar surface area (TPSA) is 42.7 Å². The van der Waals surface area contributed by atoms with Crippen LogP contribution in [0.5, 0.6) is 0 Å². The fraction of sp³-hybridized carbons (Fsp3) is 0.556. The van der Waals surface area contributed by atoms with Gasteiger partial charge in [-0.05, 0) is 6.92 Å². The summed E-state index contributed by atoms with van der Waals surface area (Å²) in [6.07, 6.45) is 6.78. The zero-order valence-electron chi connectivity index (χ0n) is 8.20. The first-order chi connectivity index (χ1) is 6.34. The van der Waals surface area contributed by atoms with Crippen LogP contribution in [0.25, 0.3) is 0 Å². The van der Waals surface area contributed by atoms with Gasteiger partial charge in [0.05, 0.1) is 0 Å². The molecule has 1 aromatic rings. The molecule has 0 atom stereocenters. The molecule has 1 heterocycles. The van der Waals surface area contributed by atoms with Gasteiger partial charge >= 0.3 is 0 Å². The summed E-state index contributed by atoms with van der Waals surface area (Å²) in [6.45, 7) is 3.88. The summed E-state index contributed by atoms with van der Waals surface area (Å²) in [5, 5.41) is 11.1. The normalized spacial score (nSPS) is 11.2. The van der Waals surface area contributed by atoms with E-state index in [1.165, 1.54) is 0 Å². The van der Waals surface area contributed by atoms with Crippen LogP contribution in [0.4, 0.5) is 0 Å². The van der Waals surface area contributed by atoms with Crippen molar-refractivity contribution in [1.82, 2.24) is 20.1 Å². The SMILES string of the molecule is C/C=C/CNCCc1nncn1C. The van der Waals surface area contributed by atoms with Crippen LogP contribution >= 0.6 is 0 Å². The molecule has 72 valence electrons. The molecule has 4 nitrogen and oxygen atoms in total. The number of aryl methyl sites for hydroxylation is 1. The predicted octanol–water partition coefficient (Wildman–Crippen LogP) is 0.523. The van der Waals surface area contributed by atoms with Gasteiger partial charge in [-0.3, -0.25) is 0 Å². The molecule has 0 aromatic carbocycles. The van der Waals surface area contributed by atoms with Crippen LogP contribution in [0.3, 0.4) is 0 Å². The van der Waals surface area contributed by atoms with Gasteiger partial charge in [0.1, 0.15) is 12.2 Å². The second kappa shape index (κ2) is 5.48. The van der Waals surface area contributed by atoms with Crippen LogP contribution in [0, 0.1) is 0 Å². The number of rotatable bonds is 5. The van der Waals surface area contributed by atoms with Crippen molar-refractivity contribution in [1.29, 1.82) is 0 Å². The van der Waals surface area contributed by atoms with Crippen molar-refractivity contribution in [3.05, 3.63) is 24.3 Å². The summed E-state index contributed by atoms with van der Waals surface area (Å²) in [6, 6.07) is 0. The van der Waals surface area contributed by atoms with Crippen LogP contribution < -0.4 is 5.32 Å². The lowest BCUT2D eigenvalue weighted by Gasteiger charge is -2.00. The lowest BCUT2D eigenvalue weighted by atomic mass is 10.4.